The number of aliphatic imine (C=N–C) groups is 1. The quantitative estimate of drug-likeness (QED) is 0.278. The van der Waals surface area contributed by atoms with Gasteiger partial charge in [-0.3, -0.25) is 5.01 Å². The number of hydrogen-bond donors (Lipinski definition) is 1. The van der Waals surface area contributed by atoms with Crippen LogP contribution in [0.5, 0.6) is 0 Å². The molecule has 0 unspecified atom stereocenters. The lowest BCUT2D eigenvalue weighted by Crippen LogP contribution is -2.33. The van der Waals surface area contributed by atoms with Crippen molar-refractivity contribution in [1.29, 1.82) is 0 Å². The van der Waals surface area contributed by atoms with Gasteiger partial charge in [0.2, 0.25) is 0 Å². The van der Waals surface area contributed by atoms with Gasteiger partial charge in [0, 0.05) is 6.20 Å². The van der Waals surface area contributed by atoms with Crippen LogP contribution < -0.4 is 5.84 Å². The Hall–Kier alpha value is -0.870. The number of ether oxygens (including phenoxy) is 1. The van der Waals surface area contributed by atoms with Gasteiger partial charge >= 0.3 is 0 Å². The second-order valence-electron chi connectivity index (χ2n) is 2.60. The van der Waals surface area contributed by atoms with Crippen molar-refractivity contribution >= 4 is 6.34 Å². The first-order chi connectivity index (χ1) is 5.66. The number of nitrogens with two attached hydrogens (primary N) is 1. The number of rotatable bonds is 6. The highest BCUT2D eigenvalue weighted by atomic mass is 16.5. The summed E-state index contributed by atoms with van der Waals surface area (Å²) in [7, 11) is 0. The molecule has 0 heterocycles. The Morgan fingerprint density at radius 3 is 2.83 bits per heavy atom. The van der Waals surface area contributed by atoms with Crippen LogP contribution in [0.4, 0.5) is 0 Å². The van der Waals surface area contributed by atoms with Crippen molar-refractivity contribution in [1.82, 2.24) is 5.01 Å². The predicted octanol–water partition coefficient (Wildman–Crippen LogP) is 0.759. The highest BCUT2D eigenvalue weighted by Gasteiger charge is 1.94. The lowest BCUT2D eigenvalue weighted by Gasteiger charge is -2.13. The molecule has 0 aliphatic heterocycles. The lowest BCUT2D eigenvalue weighted by molar-refractivity contribution is 0.0705. The largest absolute Gasteiger partial charge is 0.377 e. The minimum atomic E-state index is 0.245. The summed E-state index contributed by atoms with van der Waals surface area (Å²) in [6.07, 6.45) is 3.19. The Balaban J connectivity index is 3.37. The maximum absolute atomic E-state index is 5.50. The van der Waals surface area contributed by atoms with Crippen LogP contribution in [0.3, 0.4) is 0 Å². The van der Waals surface area contributed by atoms with E-state index in [1.807, 2.05) is 13.8 Å². The molecule has 2 N–H and O–H groups in total. The van der Waals surface area contributed by atoms with E-state index in [9.17, 15) is 0 Å². The Bertz CT molecular complexity index is 145. The van der Waals surface area contributed by atoms with E-state index in [1.54, 1.807) is 0 Å². The topological polar surface area (TPSA) is 50.8 Å². The summed E-state index contributed by atoms with van der Waals surface area (Å²) < 4.78 is 5.28. The van der Waals surface area contributed by atoms with Crippen molar-refractivity contribution < 1.29 is 4.74 Å². The predicted molar refractivity (Wildman–Crippen MR) is 50.7 cm³/mol. The normalized spacial score (nSPS) is 11.0. The zero-order valence-electron chi connectivity index (χ0n) is 7.73. The van der Waals surface area contributed by atoms with Crippen LogP contribution in [0.2, 0.25) is 0 Å². The zero-order valence-corrected chi connectivity index (χ0v) is 7.73. The molecule has 12 heavy (non-hydrogen) atoms. The summed E-state index contributed by atoms with van der Waals surface area (Å²) in [6.45, 7) is 8.64. The average molecular weight is 171 g/mol. The van der Waals surface area contributed by atoms with Gasteiger partial charge in [-0.1, -0.05) is 6.58 Å². The van der Waals surface area contributed by atoms with E-state index in [0.29, 0.717) is 13.2 Å². The third-order valence-corrected chi connectivity index (χ3v) is 1.12. The fraction of sp³-hybridized carbons (Fsp3) is 0.625. The maximum atomic E-state index is 5.50. The molecule has 0 saturated carbocycles. The van der Waals surface area contributed by atoms with Crippen molar-refractivity contribution in [2.45, 2.75) is 20.0 Å². The van der Waals surface area contributed by atoms with E-state index in [1.165, 1.54) is 17.5 Å². The molecule has 0 amide bonds. The van der Waals surface area contributed by atoms with Gasteiger partial charge in [0.25, 0.3) is 0 Å². The van der Waals surface area contributed by atoms with Crippen LogP contribution in [0.25, 0.3) is 0 Å². The van der Waals surface area contributed by atoms with Gasteiger partial charge in [0.15, 0.2) is 0 Å². The molecule has 0 rings (SSSR count). The number of hydrazine groups is 1. The van der Waals surface area contributed by atoms with Gasteiger partial charge in [0.1, 0.15) is 6.34 Å². The highest BCUT2D eigenvalue weighted by Crippen LogP contribution is 1.86. The average Bonchev–Trinajstić information content (AvgIpc) is 2.00. The smallest absolute Gasteiger partial charge is 0.105 e. The zero-order chi connectivity index (χ0) is 9.40. The molecule has 0 fully saturated rings. The van der Waals surface area contributed by atoms with Crippen LogP contribution in [-0.2, 0) is 4.74 Å². The molecule has 0 aromatic carbocycles. The van der Waals surface area contributed by atoms with Gasteiger partial charge < -0.3 is 4.74 Å². The summed E-state index contributed by atoms with van der Waals surface area (Å²) in [4.78, 5) is 3.75. The van der Waals surface area contributed by atoms with Gasteiger partial charge in [-0.15, -0.1) is 0 Å². The lowest BCUT2D eigenvalue weighted by atomic mass is 10.5. The molecule has 4 heteroatoms. The van der Waals surface area contributed by atoms with E-state index in [-0.39, 0.29) is 6.10 Å². The highest BCUT2D eigenvalue weighted by molar-refractivity contribution is 5.54. The van der Waals surface area contributed by atoms with Crippen molar-refractivity contribution in [3.63, 3.8) is 0 Å². The van der Waals surface area contributed by atoms with Crippen LogP contribution in [0.1, 0.15) is 13.8 Å². The van der Waals surface area contributed by atoms with Gasteiger partial charge in [-0.25, -0.2) is 10.8 Å². The van der Waals surface area contributed by atoms with Crippen molar-refractivity contribution in [2.24, 2.45) is 10.8 Å². The molecule has 0 spiro atoms. The molecular weight excluding hydrogens is 154 g/mol. The summed E-state index contributed by atoms with van der Waals surface area (Å²) in [6, 6.07) is 0. The molecule has 70 valence electrons. The molecule has 0 aliphatic carbocycles. The molecule has 0 aliphatic rings. The molecule has 0 radical (unpaired) electrons. The van der Waals surface area contributed by atoms with Gasteiger partial charge in [-0.05, 0) is 13.8 Å². The monoisotopic (exact) mass is 171 g/mol. The van der Waals surface area contributed by atoms with E-state index in [2.05, 4.69) is 11.6 Å². The molecule has 0 atom stereocenters. The molecular formula is C8H17N3O. The van der Waals surface area contributed by atoms with Gasteiger partial charge in [-0.2, -0.15) is 0 Å². The Labute approximate surface area is 73.7 Å². The fourth-order valence-corrected chi connectivity index (χ4v) is 0.584. The second kappa shape index (κ2) is 6.82. The Morgan fingerprint density at radius 2 is 2.33 bits per heavy atom. The summed E-state index contributed by atoms with van der Waals surface area (Å²) in [5.74, 6) is 5.50. The summed E-state index contributed by atoms with van der Waals surface area (Å²) in [5, 5.41) is 1.46. The molecule has 0 saturated heterocycles. The van der Waals surface area contributed by atoms with Crippen LogP contribution in [0, 0.1) is 0 Å². The van der Waals surface area contributed by atoms with Crippen molar-refractivity contribution in [3.8, 4) is 0 Å². The number of hydrogen-bond acceptors (Lipinski definition) is 3. The van der Waals surface area contributed by atoms with E-state index >= 15 is 0 Å². The van der Waals surface area contributed by atoms with Crippen LogP contribution >= 0.6 is 0 Å². The standard InChI is InChI=1S/C8H17N3O/c1-4-10-7-11(9)5-6-12-8(2)3/h4,7-8H,1,5-6,9H2,2-3H3. The third kappa shape index (κ3) is 7.24. The Morgan fingerprint density at radius 1 is 1.67 bits per heavy atom. The minimum Gasteiger partial charge on any atom is -0.377 e. The minimum absolute atomic E-state index is 0.245. The van der Waals surface area contributed by atoms with E-state index < -0.39 is 0 Å². The van der Waals surface area contributed by atoms with E-state index in [0.717, 1.165) is 0 Å². The number of nitrogens with zero attached hydrogens (tertiary/aromatic N) is 2. The first-order valence-corrected chi connectivity index (χ1v) is 3.94. The molecule has 0 aromatic heterocycles. The summed E-state index contributed by atoms with van der Waals surface area (Å²) >= 11 is 0. The van der Waals surface area contributed by atoms with Crippen molar-refractivity contribution in [3.05, 3.63) is 12.8 Å². The molecule has 0 bridgehead atoms. The Kier molecular flexibility index (Phi) is 6.32. The first-order valence-electron chi connectivity index (χ1n) is 3.94. The SMILES string of the molecule is C=CN=CN(N)CCOC(C)C. The van der Waals surface area contributed by atoms with Crippen LogP contribution in [0.15, 0.2) is 17.8 Å². The second-order valence-corrected chi connectivity index (χ2v) is 2.60. The van der Waals surface area contributed by atoms with Crippen LogP contribution in [-0.4, -0.2) is 30.6 Å². The maximum Gasteiger partial charge on any atom is 0.105 e. The van der Waals surface area contributed by atoms with Gasteiger partial charge in [0.05, 0.1) is 19.3 Å². The molecule has 0 aromatic rings. The first kappa shape index (κ1) is 11.1. The van der Waals surface area contributed by atoms with Crippen molar-refractivity contribution in [2.75, 3.05) is 13.2 Å². The third-order valence-electron chi connectivity index (χ3n) is 1.12. The fourth-order valence-electron chi connectivity index (χ4n) is 0.584. The molecule has 4 nitrogen and oxygen atoms in total. The summed E-state index contributed by atoms with van der Waals surface area (Å²) in [5.41, 5.74) is 0. The van der Waals surface area contributed by atoms with E-state index in [4.69, 9.17) is 10.6 Å².